The summed E-state index contributed by atoms with van der Waals surface area (Å²) in [6.45, 7) is 0. The lowest BCUT2D eigenvalue weighted by Gasteiger charge is -1.67. The summed E-state index contributed by atoms with van der Waals surface area (Å²) in [6.07, 6.45) is 7.50. The van der Waals surface area contributed by atoms with E-state index in [-0.39, 0.29) is 6.15 Å². The van der Waals surface area contributed by atoms with E-state index in [1.807, 2.05) is 0 Å². The quantitative estimate of drug-likeness (QED) is 0.425. The number of hydrogen-bond donors (Lipinski definition) is 0. The van der Waals surface area contributed by atoms with Crippen LogP contribution in [0.2, 0.25) is 0 Å². The van der Waals surface area contributed by atoms with Crippen LogP contribution in [0.15, 0.2) is 0 Å². The molecule has 0 spiro atoms. The van der Waals surface area contributed by atoms with Gasteiger partial charge in [-0.2, -0.15) is 0 Å². The van der Waals surface area contributed by atoms with Crippen LogP contribution < -0.4 is 6.15 Å². The molecule has 1 nitrogen and oxygen atoms in total. The number of nitrogens with zero attached hydrogens (tertiary/aromatic N) is 1. The topological polar surface area (TPSA) is 30.5 Å². The van der Waals surface area contributed by atoms with E-state index in [0.717, 1.165) is 0 Å². The maximum Gasteiger partial charge on any atom is 0 e. The Morgan fingerprint density at radius 3 is 0.833 bits per heavy atom. The summed E-state index contributed by atoms with van der Waals surface area (Å²) in [5, 5.41) is 0. The van der Waals surface area contributed by atoms with Crippen LogP contribution in [0.1, 0.15) is 32.1 Å². The fourth-order valence-electron chi connectivity index (χ4n) is 0.884. The second kappa shape index (κ2) is 3.16. The van der Waals surface area contributed by atoms with Gasteiger partial charge in [-0.3, -0.25) is 0 Å². The standard InChI is InChI=1S/C5H10.N/c1-2-4-5-3-1;/h1-5H2;. The molecule has 6 heavy (non-hydrogen) atoms. The van der Waals surface area contributed by atoms with Crippen molar-refractivity contribution in [1.82, 2.24) is 6.15 Å². The van der Waals surface area contributed by atoms with Crippen LogP contribution in [0.3, 0.4) is 0 Å². The molecule has 3 radical (unpaired) electrons. The molecule has 1 rings (SSSR count). The molecule has 1 aliphatic rings. The van der Waals surface area contributed by atoms with Crippen LogP contribution in [0.4, 0.5) is 0 Å². The van der Waals surface area contributed by atoms with Gasteiger partial charge in [0.2, 0.25) is 0 Å². The molecule has 0 N–H and O–H groups in total. The lowest BCUT2D eigenvalue weighted by atomic mass is 10.4. The average Bonchev–Trinajstić information content (AvgIpc) is 1.76. The Balaban J connectivity index is 0.000000250. The molecule has 0 aromatic rings. The van der Waals surface area contributed by atoms with Gasteiger partial charge in [-0.05, 0) is 0 Å². The van der Waals surface area contributed by atoms with Gasteiger partial charge in [-0.25, -0.2) is 0 Å². The molecule has 1 fully saturated rings. The Morgan fingerprint density at radius 2 is 0.667 bits per heavy atom. The van der Waals surface area contributed by atoms with Gasteiger partial charge in [0.25, 0.3) is 0 Å². The van der Waals surface area contributed by atoms with Crippen molar-refractivity contribution in [3.63, 3.8) is 0 Å². The number of rotatable bonds is 0. The van der Waals surface area contributed by atoms with Crippen molar-refractivity contribution < 1.29 is 0 Å². The van der Waals surface area contributed by atoms with Crippen LogP contribution in [0, 0.1) is 0 Å². The predicted molar refractivity (Wildman–Crippen MR) is 25.2 cm³/mol. The van der Waals surface area contributed by atoms with Gasteiger partial charge in [0.15, 0.2) is 0 Å². The van der Waals surface area contributed by atoms with Gasteiger partial charge < -0.3 is 0 Å². The maximum atomic E-state index is 1.50. The molecule has 0 unspecified atom stereocenters. The van der Waals surface area contributed by atoms with Crippen LogP contribution in [-0.4, -0.2) is 0 Å². The van der Waals surface area contributed by atoms with Gasteiger partial charge in [0.1, 0.15) is 0 Å². The van der Waals surface area contributed by atoms with Crippen LogP contribution in [-0.2, 0) is 0 Å². The van der Waals surface area contributed by atoms with Crippen molar-refractivity contribution >= 4 is 0 Å². The Hall–Kier alpha value is -0.0400. The zero-order valence-electron chi connectivity index (χ0n) is 3.98. The van der Waals surface area contributed by atoms with Crippen molar-refractivity contribution in [1.29, 1.82) is 0 Å². The highest BCUT2D eigenvalue weighted by Crippen LogP contribution is 2.15. The molecule has 0 aromatic carbocycles. The summed E-state index contributed by atoms with van der Waals surface area (Å²) in [5.41, 5.74) is 0. The molecular weight excluding hydrogens is 74.1 g/mol. The zero-order chi connectivity index (χ0) is 3.54. The first-order valence-electron chi connectivity index (χ1n) is 2.50. The SMILES string of the molecule is C1CCCC1.[N]. The van der Waals surface area contributed by atoms with Crippen molar-refractivity contribution in [2.45, 2.75) is 32.1 Å². The van der Waals surface area contributed by atoms with Crippen LogP contribution >= 0.6 is 0 Å². The zero-order valence-corrected chi connectivity index (χ0v) is 3.98. The van der Waals surface area contributed by atoms with E-state index < -0.39 is 0 Å². The van der Waals surface area contributed by atoms with Gasteiger partial charge in [-0.15, -0.1) is 0 Å². The molecule has 0 bridgehead atoms. The third-order valence-electron chi connectivity index (χ3n) is 1.25. The van der Waals surface area contributed by atoms with Crippen LogP contribution in [0.25, 0.3) is 0 Å². The molecule has 0 aliphatic heterocycles. The normalized spacial score (nSPS) is 20.0. The minimum atomic E-state index is 0. The highest BCUT2D eigenvalue weighted by atomic mass is 14.0. The minimum Gasteiger partial charge on any atom is -0.0533 e. The van der Waals surface area contributed by atoms with E-state index in [4.69, 9.17) is 0 Å². The van der Waals surface area contributed by atoms with E-state index in [0.29, 0.717) is 0 Å². The van der Waals surface area contributed by atoms with E-state index in [1.54, 1.807) is 0 Å². The summed E-state index contributed by atoms with van der Waals surface area (Å²) in [6, 6.07) is 0. The third kappa shape index (κ3) is 1.41. The maximum absolute atomic E-state index is 1.50. The minimum absolute atomic E-state index is 0. The summed E-state index contributed by atoms with van der Waals surface area (Å²) < 4.78 is 0. The molecule has 0 heterocycles. The van der Waals surface area contributed by atoms with E-state index in [2.05, 4.69) is 0 Å². The summed E-state index contributed by atoms with van der Waals surface area (Å²) in [5.74, 6) is 0. The Labute approximate surface area is 39.3 Å². The molecule has 35 valence electrons. The Bertz CT molecular complexity index is 15.5. The molecule has 1 heteroatoms. The van der Waals surface area contributed by atoms with Gasteiger partial charge in [0, 0.05) is 6.15 Å². The first-order valence-corrected chi connectivity index (χ1v) is 2.50. The van der Waals surface area contributed by atoms with Crippen molar-refractivity contribution in [3.8, 4) is 0 Å². The summed E-state index contributed by atoms with van der Waals surface area (Å²) >= 11 is 0. The van der Waals surface area contributed by atoms with Gasteiger partial charge in [0.05, 0.1) is 0 Å². The second-order valence-corrected chi connectivity index (χ2v) is 1.77. The summed E-state index contributed by atoms with van der Waals surface area (Å²) in [7, 11) is 0. The monoisotopic (exact) mass is 84.1 g/mol. The lowest BCUT2D eigenvalue weighted by molar-refractivity contribution is 0.886. The van der Waals surface area contributed by atoms with E-state index in [1.165, 1.54) is 32.1 Å². The van der Waals surface area contributed by atoms with Crippen molar-refractivity contribution in [2.75, 3.05) is 0 Å². The van der Waals surface area contributed by atoms with Crippen LogP contribution in [0.5, 0.6) is 0 Å². The molecule has 0 aromatic heterocycles. The smallest absolute Gasteiger partial charge is 0 e. The predicted octanol–water partition coefficient (Wildman–Crippen LogP) is 1.47. The summed E-state index contributed by atoms with van der Waals surface area (Å²) in [4.78, 5) is 0. The molecule has 1 aliphatic carbocycles. The fourth-order valence-corrected chi connectivity index (χ4v) is 0.884. The number of hydrogen-bond acceptors (Lipinski definition) is 0. The Kier molecular flexibility index (Phi) is 3.14. The second-order valence-electron chi connectivity index (χ2n) is 1.77. The van der Waals surface area contributed by atoms with E-state index in [9.17, 15) is 0 Å². The fraction of sp³-hybridized carbons (Fsp3) is 1.00. The Morgan fingerprint density at radius 1 is 0.500 bits per heavy atom. The largest absolute Gasteiger partial charge is 0.0533 e. The molecule has 0 atom stereocenters. The van der Waals surface area contributed by atoms with Crippen molar-refractivity contribution in [3.05, 3.63) is 0 Å². The average molecular weight is 84.1 g/mol. The highest BCUT2D eigenvalue weighted by molar-refractivity contribution is 4.51. The lowest BCUT2D eigenvalue weighted by Crippen LogP contribution is -1.47. The first kappa shape index (κ1) is 5.96. The third-order valence-corrected chi connectivity index (χ3v) is 1.25. The van der Waals surface area contributed by atoms with E-state index >= 15 is 0 Å². The van der Waals surface area contributed by atoms with Crippen molar-refractivity contribution in [2.24, 2.45) is 0 Å². The van der Waals surface area contributed by atoms with Gasteiger partial charge in [-0.1, -0.05) is 32.1 Å². The molecule has 0 saturated heterocycles. The molecule has 1 saturated carbocycles. The van der Waals surface area contributed by atoms with Gasteiger partial charge >= 0.3 is 0 Å². The first-order chi connectivity index (χ1) is 2.50. The highest BCUT2D eigenvalue weighted by Gasteiger charge is 1.95. The molecule has 0 amide bonds. The molecular formula is C5H10N.